The van der Waals surface area contributed by atoms with Crippen molar-refractivity contribution in [2.75, 3.05) is 13.7 Å². The number of methoxy groups -OCH3 is 1. The third kappa shape index (κ3) is 2.81. The van der Waals surface area contributed by atoms with E-state index in [9.17, 15) is 0 Å². The van der Waals surface area contributed by atoms with E-state index in [0.29, 0.717) is 5.41 Å². The van der Waals surface area contributed by atoms with Gasteiger partial charge in [-0.1, -0.05) is 18.2 Å². The van der Waals surface area contributed by atoms with E-state index in [1.165, 1.54) is 18.4 Å². The molecule has 2 nitrogen and oxygen atoms in total. The number of para-hydroxylation sites is 1. The lowest BCUT2D eigenvalue weighted by Crippen LogP contribution is -2.41. The molecule has 0 saturated heterocycles. The van der Waals surface area contributed by atoms with Crippen LogP contribution < -0.4 is 10.1 Å². The van der Waals surface area contributed by atoms with Gasteiger partial charge in [-0.05, 0) is 39.7 Å². The van der Waals surface area contributed by atoms with E-state index in [-0.39, 0.29) is 5.54 Å². The molecule has 2 heteroatoms. The number of hydrogen-bond donors (Lipinski definition) is 1. The van der Waals surface area contributed by atoms with Crippen molar-refractivity contribution in [3.8, 4) is 5.75 Å². The summed E-state index contributed by atoms with van der Waals surface area (Å²) in [6.07, 6.45) is 2.52. The molecule has 0 spiro atoms. The third-order valence-electron chi connectivity index (χ3n) is 3.49. The van der Waals surface area contributed by atoms with Crippen LogP contribution in [0.25, 0.3) is 0 Å². The van der Waals surface area contributed by atoms with Crippen molar-refractivity contribution in [2.24, 2.45) is 0 Å². The van der Waals surface area contributed by atoms with Crippen LogP contribution in [0.4, 0.5) is 0 Å². The van der Waals surface area contributed by atoms with Crippen LogP contribution in [0.5, 0.6) is 5.75 Å². The summed E-state index contributed by atoms with van der Waals surface area (Å²) in [5, 5.41) is 3.62. The second-order valence-electron chi connectivity index (χ2n) is 6.08. The van der Waals surface area contributed by atoms with Gasteiger partial charge in [-0.25, -0.2) is 0 Å². The molecule has 0 atom stereocenters. The van der Waals surface area contributed by atoms with Gasteiger partial charge in [-0.15, -0.1) is 0 Å². The lowest BCUT2D eigenvalue weighted by molar-refractivity contribution is 0.380. The number of nitrogens with one attached hydrogen (secondary N) is 1. The molecule has 1 aliphatic rings. The Kier molecular flexibility index (Phi) is 3.17. The SMILES string of the molecule is COc1ccccc1C1(CNC(C)(C)C)CC1. The molecule has 1 saturated carbocycles. The molecule has 1 fully saturated rings. The molecule has 1 N–H and O–H groups in total. The fourth-order valence-corrected chi connectivity index (χ4v) is 2.21. The Morgan fingerprint density at radius 3 is 2.41 bits per heavy atom. The smallest absolute Gasteiger partial charge is 0.122 e. The molecular weight excluding hydrogens is 210 g/mol. The maximum atomic E-state index is 5.48. The van der Waals surface area contributed by atoms with E-state index in [4.69, 9.17) is 4.74 Å². The van der Waals surface area contributed by atoms with Crippen LogP contribution in [-0.2, 0) is 5.41 Å². The molecule has 2 rings (SSSR count). The first-order valence-corrected chi connectivity index (χ1v) is 6.35. The van der Waals surface area contributed by atoms with E-state index in [1.54, 1.807) is 7.11 Å². The van der Waals surface area contributed by atoms with Crippen LogP contribution in [0.2, 0.25) is 0 Å². The first-order valence-electron chi connectivity index (χ1n) is 6.35. The monoisotopic (exact) mass is 233 g/mol. The van der Waals surface area contributed by atoms with Gasteiger partial charge in [0, 0.05) is 23.1 Å². The summed E-state index contributed by atoms with van der Waals surface area (Å²) in [6.45, 7) is 7.68. The maximum absolute atomic E-state index is 5.48. The van der Waals surface area contributed by atoms with Crippen molar-refractivity contribution >= 4 is 0 Å². The van der Waals surface area contributed by atoms with Crippen molar-refractivity contribution in [1.82, 2.24) is 5.32 Å². The average Bonchev–Trinajstić information content (AvgIpc) is 3.07. The molecule has 0 aromatic heterocycles. The number of ether oxygens (including phenoxy) is 1. The Balaban J connectivity index is 2.15. The summed E-state index contributed by atoms with van der Waals surface area (Å²) >= 11 is 0. The van der Waals surface area contributed by atoms with Crippen LogP contribution >= 0.6 is 0 Å². The first-order chi connectivity index (χ1) is 7.97. The minimum absolute atomic E-state index is 0.178. The number of hydrogen-bond acceptors (Lipinski definition) is 2. The summed E-state index contributed by atoms with van der Waals surface area (Å²) < 4.78 is 5.48. The molecule has 0 bridgehead atoms. The summed E-state index contributed by atoms with van der Waals surface area (Å²) in [7, 11) is 1.76. The summed E-state index contributed by atoms with van der Waals surface area (Å²) in [4.78, 5) is 0. The molecular formula is C15H23NO. The number of rotatable bonds is 4. The van der Waals surface area contributed by atoms with Crippen LogP contribution in [0.3, 0.4) is 0 Å². The third-order valence-corrected chi connectivity index (χ3v) is 3.49. The molecule has 0 aliphatic heterocycles. The van der Waals surface area contributed by atoms with Gasteiger partial charge in [0.05, 0.1) is 7.11 Å². The average molecular weight is 233 g/mol. The molecule has 94 valence electrons. The standard InChI is InChI=1S/C15H23NO/c1-14(2,3)16-11-15(9-10-15)12-7-5-6-8-13(12)17-4/h5-8,16H,9-11H2,1-4H3. The van der Waals surface area contributed by atoms with Crippen molar-refractivity contribution in [3.63, 3.8) is 0 Å². The summed E-state index contributed by atoms with van der Waals surface area (Å²) in [5.41, 5.74) is 1.84. The van der Waals surface area contributed by atoms with E-state index in [0.717, 1.165) is 12.3 Å². The Hall–Kier alpha value is -1.02. The van der Waals surface area contributed by atoms with Crippen LogP contribution in [-0.4, -0.2) is 19.2 Å². The molecule has 0 amide bonds. The van der Waals surface area contributed by atoms with Crippen LogP contribution in [0.1, 0.15) is 39.2 Å². The molecule has 0 heterocycles. The molecule has 0 unspecified atom stereocenters. The van der Waals surface area contributed by atoms with Gasteiger partial charge in [0.2, 0.25) is 0 Å². The minimum atomic E-state index is 0.178. The summed E-state index contributed by atoms with van der Waals surface area (Å²) in [6, 6.07) is 8.41. The van der Waals surface area contributed by atoms with Gasteiger partial charge in [0.15, 0.2) is 0 Å². The highest BCUT2D eigenvalue weighted by atomic mass is 16.5. The van der Waals surface area contributed by atoms with Gasteiger partial charge in [0.25, 0.3) is 0 Å². The molecule has 17 heavy (non-hydrogen) atoms. The van der Waals surface area contributed by atoms with E-state index < -0.39 is 0 Å². The molecule has 1 aliphatic carbocycles. The van der Waals surface area contributed by atoms with Crippen molar-refractivity contribution in [3.05, 3.63) is 29.8 Å². The summed E-state index contributed by atoms with van der Waals surface area (Å²) in [5.74, 6) is 1.03. The molecule has 0 radical (unpaired) electrons. The first kappa shape index (κ1) is 12.4. The van der Waals surface area contributed by atoms with Crippen molar-refractivity contribution in [1.29, 1.82) is 0 Å². The number of benzene rings is 1. The Morgan fingerprint density at radius 1 is 1.24 bits per heavy atom. The largest absolute Gasteiger partial charge is 0.496 e. The van der Waals surface area contributed by atoms with Gasteiger partial charge in [0.1, 0.15) is 5.75 Å². The highest BCUT2D eigenvalue weighted by molar-refractivity contribution is 5.43. The fraction of sp³-hybridized carbons (Fsp3) is 0.600. The zero-order chi connectivity index (χ0) is 12.5. The second kappa shape index (κ2) is 4.34. The highest BCUT2D eigenvalue weighted by Crippen LogP contribution is 2.50. The van der Waals surface area contributed by atoms with Gasteiger partial charge >= 0.3 is 0 Å². The van der Waals surface area contributed by atoms with Gasteiger partial charge < -0.3 is 10.1 Å². The minimum Gasteiger partial charge on any atom is -0.496 e. The Morgan fingerprint density at radius 2 is 1.88 bits per heavy atom. The zero-order valence-corrected chi connectivity index (χ0v) is 11.3. The lowest BCUT2D eigenvalue weighted by Gasteiger charge is -2.26. The van der Waals surface area contributed by atoms with E-state index >= 15 is 0 Å². The zero-order valence-electron chi connectivity index (χ0n) is 11.3. The van der Waals surface area contributed by atoms with Gasteiger partial charge in [-0.3, -0.25) is 0 Å². The van der Waals surface area contributed by atoms with Crippen LogP contribution in [0.15, 0.2) is 24.3 Å². The van der Waals surface area contributed by atoms with E-state index in [2.05, 4.69) is 44.3 Å². The van der Waals surface area contributed by atoms with Crippen LogP contribution in [0, 0.1) is 0 Å². The second-order valence-corrected chi connectivity index (χ2v) is 6.08. The molecule has 1 aromatic carbocycles. The Labute approximate surface area is 104 Å². The van der Waals surface area contributed by atoms with Crippen molar-refractivity contribution < 1.29 is 4.74 Å². The fourth-order valence-electron chi connectivity index (χ4n) is 2.21. The normalized spacial score (nSPS) is 17.9. The maximum Gasteiger partial charge on any atom is 0.122 e. The predicted octanol–water partition coefficient (Wildman–Crippen LogP) is 3.11. The van der Waals surface area contributed by atoms with E-state index in [1.807, 2.05) is 6.07 Å². The van der Waals surface area contributed by atoms with Crippen molar-refractivity contribution in [2.45, 2.75) is 44.6 Å². The predicted molar refractivity (Wildman–Crippen MR) is 71.7 cm³/mol. The van der Waals surface area contributed by atoms with Gasteiger partial charge in [-0.2, -0.15) is 0 Å². The quantitative estimate of drug-likeness (QED) is 0.862. The lowest BCUT2D eigenvalue weighted by atomic mass is 9.93. The Bertz CT molecular complexity index is 388. The molecule has 1 aromatic rings. The topological polar surface area (TPSA) is 21.3 Å². The highest BCUT2D eigenvalue weighted by Gasteiger charge is 2.46.